The second kappa shape index (κ2) is 6.26. The minimum absolute atomic E-state index is 0.130. The summed E-state index contributed by atoms with van der Waals surface area (Å²) >= 11 is 0. The molecule has 112 valence electrons. The Labute approximate surface area is 127 Å². The molecule has 3 aromatic heterocycles. The zero-order valence-corrected chi connectivity index (χ0v) is 12.2. The van der Waals surface area contributed by atoms with E-state index in [0.717, 1.165) is 17.1 Å². The number of ether oxygens (including phenoxy) is 1. The fraction of sp³-hybridized carbons (Fsp3) is 0.188. The maximum atomic E-state index is 11.9. The van der Waals surface area contributed by atoms with Crippen molar-refractivity contribution >= 4 is 11.6 Å². The maximum Gasteiger partial charge on any atom is 0.252 e. The third kappa shape index (κ3) is 2.90. The zero-order valence-electron chi connectivity index (χ0n) is 12.2. The van der Waals surface area contributed by atoms with Crippen LogP contribution in [-0.4, -0.2) is 33.9 Å². The van der Waals surface area contributed by atoms with E-state index < -0.39 is 0 Å². The van der Waals surface area contributed by atoms with Gasteiger partial charge in [0, 0.05) is 37.8 Å². The standard InChI is InChI=1S/C16H16N4O2/c1-22-14-5-3-9-20-11-13(19-15(14)20)6-8-18-16(21)12-4-2-7-17-10-12/h2-5,7,9-11H,6,8H2,1H3,(H,18,21). The molecule has 0 atom stereocenters. The normalized spacial score (nSPS) is 10.6. The molecule has 0 unspecified atom stereocenters. The van der Waals surface area contributed by atoms with Crippen LogP contribution in [0, 0.1) is 0 Å². The molecule has 0 aliphatic rings. The number of nitrogens with one attached hydrogen (secondary N) is 1. The predicted molar refractivity (Wildman–Crippen MR) is 82.0 cm³/mol. The van der Waals surface area contributed by atoms with E-state index in [1.807, 2.05) is 28.9 Å². The van der Waals surface area contributed by atoms with Gasteiger partial charge in [-0.1, -0.05) is 0 Å². The highest BCUT2D eigenvalue weighted by molar-refractivity contribution is 5.93. The van der Waals surface area contributed by atoms with Crippen LogP contribution < -0.4 is 10.1 Å². The zero-order chi connectivity index (χ0) is 15.4. The second-order valence-corrected chi connectivity index (χ2v) is 4.79. The first-order valence-electron chi connectivity index (χ1n) is 6.97. The number of nitrogens with zero attached hydrogens (tertiary/aromatic N) is 3. The number of carbonyl (C=O) groups excluding carboxylic acids is 1. The summed E-state index contributed by atoms with van der Waals surface area (Å²) in [6.45, 7) is 0.514. The highest BCUT2D eigenvalue weighted by atomic mass is 16.5. The van der Waals surface area contributed by atoms with E-state index in [-0.39, 0.29) is 5.91 Å². The maximum absolute atomic E-state index is 11.9. The summed E-state index contributed by atoms with van der Waals surface area (Å²) in [5.74, 6) is 0.600. The fourth-order valence-electron chi connectivity index (χ4n) is 2.22. The largest absolute Gasteiger partial charge is 0.493 e. The quantitative estimate of drug-likeness (QED) is 0.778. The topological polar surface area (TPSA) is 68.5 Å². The Morgan fingerprint density at radius 2 is 2.27 bits per heavy atom. The van der Waals surface area contributed by atoms with Gasteiger partial charge in [0.05, 0.1) is 18.4 Å². The molecule has 0 spiro atoms. The van der Waals surface area contributed by atoms with Gasteiger partial charge in [-0.3, -0.25) is 9.78 Å². The van der Waals surface area contributed by atoms with Gasteiger partial charge in [-0.2, -0.15) is 0 Å². The van der Waals surface area contributed by atoms with Crippen molar-refractivity contribution in [2.24, 2.45) is 0 Å². The predicted octanol–water partition coefficient (Wildman–Crippen LogP) is 1.71. The van der Waals surface area contributed by atoms with Crippen molar-refractivity contribution in [1.29, 1.82) is 0 Å². The molecule has 0 saturated carbocycles. The number of amides is 1. The molecule has 0 radical (unpaired) electrons. The summed E-state index contributed by atoms with van der Waals surface area (Å²) in [5.41, 5.74) is 2.23. The lowest BCUT2D eigenvalue weighted by molar-refractivity contribution is 0.0953. The van der Waals surface area contributed by atoms with Crippen LogP contribution in [0.4, 0.5) is 0 Å². The van der Waals surface area contributed by atoms with Crippen molar-refractivity contribution in [3.8, 4) is 5.75 Å². The van der Waals surface area contributed by atoms with Crippen LogP contribution >= 0.6 is 0 Å². The Balaban J connectivity index is 1.63. The van der Waals surface area contributed by atoms with Crippen LogP contribution in [0.5, 0.6) is 5.75 Å². The van der Waals surface area contributed by atoms with Gasteiger partial charge >= 0.3 is 0 Å². The highest BCUT2D eigenvalue weighted by Crippen LogP contribution is 2.18. The number of imidazole rings is 1. The van der Waals surface area contributed by atoms with Crippen LogP contribution in [-0.2, 0) is 6.42 Å². The summed E-state index contributed by atoms with van der Waals surface area (Å²) < 4.78 is 7.20. The minimum atomic E-state index is -0.130. The number of methoxy groups -OCH3 is 1. The van der Waals surface area contributed by atoms with E-state index >= 15 is 0 Å². The van der Waals surface area contributed by atoms with E-state index in [0.29, 0.717) is 18.5 Å². The average molecular weight is 296 g/mol. The molecular formula is C16H16N4O2. The molecule has 1 amide bonds. The molecule has 0 aromatic carbocycles. The van der Waals surface area contributed by atoms with Crippen LogP contribution in [0.25, 0.3) is 5.65 Å². The highest BCUT2D eigenvalue weighted by Gasteiger charge is 2.08. The van der Waals surface area contributed by atoms with Gasteiger partial charge in [0.2, 0.25) is 0 Å². The third-order valence-corrected chi connectivity index (χ3v) is 3.31. The summed E-state index contributed by atoms with van der Waals surface area (Å²) in [5, 5.41) is 2.86. The molecule has 0 fully saturated rings. The Morgan fingerprint density at radius 1 is 1.36 bits per heavy atom. The third-order valence-electron chi connectivity index (χ3n) is 3.31. The number of rotatable bonds is 5. The number of fused-ring (bicyclic) bond motifs is 1. The first kappa shape index (κ1) is 14.1. The number of pyridine rings is 2. The minimum Gasteiger partial charge on any atom is -0.493 e. The Hall–Kier alpha value is -2.89. The Bertz CT molecular complexity index is 783. The van der Waals surface area contributed by atoms with Gasteiger partial charge in [0.25, 0.3) is 5.91 Å². The van der Waals surface area contributed by atoms with E-state index in [4.69, 9.17) is 4.74 Å². The molecule has 3 aromatic rings. The smallest absolute Gasteiger partial charge is 0.252 e. The summed E-state index contributed by atoms with van der Waals surface area (Å²) in [7, 11) is 1.62. The summed E-state index contributed by atoms with van der Waals surface area (Å²) in [6, 6.07) is 7.25. The first-order chi connectivity index (χ1) is 10.8. The van der Waals surface area contributed by atoms with Gasteiger partial charge in [0.1, 0.15) is 0 Å². The van der Waals surface area contributed by atoms with Crippen molar-refractivity contribution in [3.05, 3.63) is 60.3 Å². The number of aromatic nitrogens is 3. The van der Waals surface area contributed by atoms with Gasteiger partial charge in [-0.15, -0.1) is 0 Å². The van der Waals surface area contributed by atoms with E-state index in [1.54, 1.807) is 31.6 Å². The fourth-order valence-corrected chi connectivity index (χ4v) is 2.22. The molecule has 6 heteroatoms. The SMILES string of the molecule is COc1cccn2cc(CCNC(=O)c3cccnc3)nc12. The lowest BCUT2D eigenvalue weighted by Crippen LogP contribution is -2.25. The van der Waals surface area contributed by atoms with Gasteiger partial charge in [-0.05, 0) is 24.3 Å². The van der Waals surface area contributed by atoms with Crippen LogP contribution in [0.3, 0.4) is 0 Å². The van der Waals surface area contributed by atoms with E-state index in [1.165, 1.54) is 0 Å². The molecule has 1 N–H and O–H groups in total. The molecule has 0 bridgehead atoms. The average Bonchev–Trinajstić information content (AvgIpc) is 2.98. The first-order valence-corrected chi connectivity index (χ1v) is 6.97. The number of carbonyl (C=O) groups is 1. The lowest BCUT2D eigenvalue weighted by Gasteiger charge is -2.03. The lowest BCUT2D eigenvalue weighted by atomic mass is 10.2. The summed E-state index contributed by atoms with van der Waals surface area (Å²) in [4.78, 5) is 20.4. The molecule has 0 aliphatic carbocycles. The number of hydrogen-bond donors (Lipinski definition) is 1. The van der Waals surface area contributed by atoms with E-state index in [2.05, 4.69) is 15.3 Å². The Kier molecular flexibility index (Phi) is 4.00. The summed E-state index contributed by atoms with van der Waals surface area (Å²) in [6.07, 6.45) is 7.69. The molecule has 0 saturated heterocycles. The van der Waals surface area contributed by atoms with Crippen molar-refractivity contribution in [1.82, 2.24) is 19.7 Å². The second-order valence-electron chi connectivity index (χ2n) is 4.79. The van der Waals surface area contributed by atoms with Crippen LogP contribution in [0.15, 0.2) is 49.1 Å². The Morgan fingerprint density at radius 3 is 3.05 bits per heavy atom. The molecule has 3 heterocycles. The molecule has 22 heavy (non-hydrogen) atoms. The molecule has 0 aliphatic heterocycles. The van der Waals surface area contributed by atoms with Crippen molar-refractivity contribution in [2.75, 3.05) is 13.7 Å². The van der Waals surface area contributed by atoms with Crippen molar-refractivity contribution in [2.45, 2.75) is 6.42 Å². The molecule has 6 nitrogen and oxygen atoms in total. The monoisotopic (exact) mass is 296 g/mol. The van der Waals surface area contributed by atoms with E-state index in [9.17, 15) is 4.79 Å². The van der Waals surface area contributed by atoms with Crippen LogP contribution in [0.2, 0.25) is 0 Å². The van der Waals surface area contributed by atoms with Gasteiger partial charge in [-0.25, -0.2) is 4.98 Å². The van der Waals surface area contributed by atoms with Crippen molar-refractivity contribution < 1.29 is 9.53 Å². The van der Waals surface area contributed by atoms with Gasteiger partial charge < -0.3 is 14.5 Å². The number of hydrogen-bond acceptors (Lipinski definition) is 4. The van der Waals surface area contributed by atoms with Crippen LogP contribution in [0.1, 0.15) is 16.1 Å². The molecule has 3 rings (SSSR count). The molecular weight excluding hydrogens is 280 g/mol. The van der Waals surface area contributed by atoms with Crippen molar-refractivity contribution in [3.63, 3.8) is 0 Å². The van der Waals surface area contributed by atoms with Gasteiger partial charge in [0.15, 0.2) is 11.4 Å².